The zero-order valence-corrected chi connectivity index (χ0v) is 10.8. The Morgan fingerprint density at radius 1 is 1.35 bits per heavy atom. The van der Waals surface area contributed by atoms with Crippen molar-refractivity contribution in [2.45, 2.75) is 33.2 Å². The molecule has 6 heteroatoms. The van der Waals surface area contributed by atoms with Crippen molar-refractivity contribution < 1.29 is 0 Å². The van der Waals surface area contributed by atoms with Crippen molar-refractivity contribution in [3.05, 3.63) is 34.9 Å². The van der Waals surface area contributed by atoms with Crippen molar-refractivity contribution in [3.8, 4) is 0 Å². The van der Waals surface area contributed by atoms with Gasteiger partial charge in [-0.25, -0.2) is 9.97 Å². The Labute approximate surface area is 105 Å². The summed E-state index contributed by atoms with van der Waals surface area (Å²) in [5.74, 6) is 1.89. The molecule has 0 spiro atoms. The molecule has 2 heterocycles. The van der Waals surface area contributed by atoms with E-state index in [1.807, 2.05) is 17.6 Å². The Hall–Kier alpha value is -1.49. The Bertz CT molecular complexity index is 520. The SMILES string of the molecule is Cc1nccc(Cn2c(Cl)nnc2C(C)C)n1. The van der Waals surface area contributed by atoms with Crippen molar-refractivity contribution in [2.75, 3.05) is 0 Å². The summed E-state index contributed by atoms with van der Waals surface area (Å²) in [4.78, 5) is 8.41. The third-order valence-electron chi connectivity index (χ3n) is 2.40. The fourth-order valence-electron chi connectivity index (χ4n) is 1.62. The lowest BCUT2D eigenvalue weighted by molar-refractivity contribution is 0.658. The molecular weight excluding hydrogens is 238 g/mol. The van der Waals surface area contributed by atoms with E-state index in [1.165, 1.54) is 0 Å². The Balaban J connectivity index is 2.32. The molecule has 0 amide bonds. The van der Waals surface area contributed by atoms with Gasteiger partial charge in [0.05, 0.1) is 12.2 Å². The van der Waals surface area contributed by atoms with E-state index in [1.54, 1.807) is 6.20 Å². The molecule has 0 saturated heterocycles. The predicted octanol–water partition coefficient (Wildman–Crippen LogP) is 2.20. The van der Waals surface area contributed by atoms with Crippen LogP contribution in [-0.4, -0.2) is 24.7 Å². The first-order valence-electron chi connectivity index (χ1n) is 5.45. The van der Waals surface area contributed by atoms with Gasteiger partial charge in [0.2, 0.25) is 5.28 Å². The van der Waals surface area contributed by atoms with E-state index in [9.17, 15) is 0 Å². The largest absolute Gasteiger partial charge is 0.295 e. The lowest BCUT2D eigenvalue weighted by Gasteiger charge is -2.09. The fraction of sp³-hybridized carbons (Fsp3) is 0.455. The number of aromatic nitrogens is 5. The molecule has 2 rings (SSSR count). The van der Waals surface area contributed by atoms with Crippen molar-refractivity contribution in [1.29, 1.82) is 0 Å². The summed E-state index contributed by atoms with van der Waals surface area (Å²) < 4.78 is 1.87. The summed E-state index contributed by atoms with van der Waals surface area (Å²) in [6.07, 6.45) is 1.74. The summed E-state index contributed by atoms with van der Waals surface area (Å²) in [5, 5.41) is 8.36. The first kappa shape index (κ1) is 12.0. The van der Waals surface area contributed by atoms with Crippen molar-refractivity contribution in [3.63, 3.8) is 0 Å². The molecule has 0 aliphatic heterocycles. The van der Waals surface area contributed by atoms with E-state index in [4.69, 9.17) is 11.6 Å². The van der Waals surface area contributed by atoms with Crippen LogP contribution < -0.4 is 0 Å². The van der Waals surface area contributed by atoms with Crippen LogP contribution in [0.2, 0.25) is 5.28 Å². The minimum Gasteiger partial charge on any atom is -0.295 e. The Kier molecular flexibility index (Phi) is 3.38. The zero-order chi connectivity index (χ0) is 12.4. The van der Waals surface area contributed by atoms with Crippen LogP contribution in [0, 0.1) is 6.92 Å². The highest BCUT2D eigenvalue weighted by atomic mass is 35.5. The normalized spacial score (nSPS) is 11.1. The molecule has 0 bridgehead atoms. The maximum absolute atomic E-state index is 6.02. The highest BCUT2D eigenvalue weighted by Crippen LogP contribution is 2.17. The van der Waals surface area contributed by atoms with Crippen LogP contribution in [0.3, 0.4) is 0 Å². The second kappa shape index (κ2) is 4.79. The Morgan fingerprint density at radius 3 is 2.76 bits per heavy atom. The van der Waals surface area contributed by atoms with E-state index in [0.29, 0.717) is 11.8 Å². The number of aryl methyl sites for hydroxylation is 1. The van der Waals surface area contributed by atoms with Crippen LogP contribution >= 0.6 is 11.6 Å². The van der Waals surface area contributed by atoms with Crippen LogP contribution in [0.15, 0.2) is 12.3 Å². The number of nitrogens with zero attached hydrogens (tertiary/aromatic N) is 5. The van der Waals surface area contributed by atoms with Crippen LogP contribution in [-0.2, 0) is 6.54 Å². The molecule has 0 aromatic carbocycles. The number of halogens is 1. The van der Waals surface area contributed by atoms with Crippen LogP contribution in [0.25, 0.3) is 0 Å². The molecule has 0 N–H and O–H groups in total. The van der Waals surface area contributed by atoms with Gasteiger partial charge in [-0.05, 0) is 24.6 Å². The molecule has 0 atom stereocenters. The summed E-state index contributed by atoms with van der Waals surface area (Å²) in [6.45, 7) is 6.55. The minimum absolute atomic E-state index is 0.276. The molecule has 0 fully saturated rings. The maximum atomic E-state index is 6.02. The van der Waals surface area contributed by atoms with Gasteiger partial charge in [0.25, 0.3) is 0 Å². The molecule has 2 aromatic rings. The quantitative estimate of drug-likeness (QED) is 0.839. The molecule has 0 saturated carbocycles. The summed E-state index contributed by atoms with van der Waals surface area (Å²) in [6, 6.07) is 1.87. The monoisotopic (exact) mass is 251 g/mol. The van der Waals surface area contributed by atoms with E-state index in [0.717, 1.165) is 17.3 Å². The van der Waals surface area contributed by atoms with Crippen LogP contribution in [0.1, 0.15) is 37.1 Å². The third kappa shape index (κ3) is 2.61. The van der Waals surface area contributed by atoms with E-state index in [2.05, 4.69) is 34.0 Å². The fourth-order valence-corrected chi connectivity index (χ4v) is 1.81. The van der Waals surface area contributed by atoms with Gasteiger partial charge < -0.3 is 0 Å². The molecule has 17 heavy (non-hydrogen) atoms. The maximum Gasteiger partial charge on any atom is 0.225 e. The molecule has 2 aromatic heterocycles. The number of hydrogen-bond donors (Lipinski definition) is 0. The molecule has 5 nitrogen and oxygen atoms in total. The first-order valence-corrected chi connectivity index (χ1v) is 5.83. The third-order valence-corrected chi connectivity index (χ3v) is 2.68. The molecule has 0 radical (unpaired) electrons. The average molecular weight is 252 g/mol. The van der Waals surface area contributed by atoms with Gasteiger partial charge in [-0.15, -0.1) is 10.2 Å². The highest BCUT2D eigenvalue weighted by molar-refractivity contribution is 6.28. The van der Waals surface area contributed by atoms with Crippen molar-refractivity contribution in [2.24, 2.45) is 0 Å². The molecule has 0 aliphatic rings. The standard InChI is InChI=1S/C11H14ClN5/c1-7(2)10-15-16-11(12)17(10)6-9-4-5-13-8(3)14-9/h4-5,7H,6H2,1-3H3. The minimum atomic E-state index is 0.276. The molecule has 90 valence electrons. The van der Waals surface area contributed by atoms with E-state index >= 15 is 0 Å². The van der Waals surface area contributed by atoms with Gasteiger partial charge in [-0.1, -0.05) is 13.8 Å². The molecule has 0 aliphatic carbocycles. The van der Waals surface area contributed by atoms with E-state index < -0.39 is 0 Å². The smallest absolute Gasteiger partial charge is 0.225 e. The molecular formula is C11H14ClN5. The van der Waals surface area contributed by atoms with Crippen molar-refractivity contribution >= 4 is 11.6 Å². The lowest BCUT2D eigenvalue weighted by atomic mass is 10.2. The molecule has 0 unspecified atom stereocenters. The van der Waals surface area contributed by atoms with Gasteiger partial charge >= 0.3 is 0 Å². The summed E-state index contributed by atoms with van der Waals surface area (Å²) in [5.41, 5.74) is 0.904. The van der Waals surface area contributed by atoms with Gasteiger partial charge in [0, 0.05) is 12.1 Å². The van der Waals surface area contributed by atoms with Crippen LogP contribution in [0.4, 0.5) is 0 Å². The number of rotatable bonds is 3. The van der Waals surface area contributed by atoms with Gasteiger partial charge in [-0.3, -0.25) is 4.57 Å². The summed E-state index contributed by atoms with van der Waals surface area (Å²) >= 11 is 6.02. The zero-order valence-electron chi connectivity index (χ0n) is 10.1. The second-order valence-corrected chi connectivity index (χ2v) is 4.50. The lowest BCUT2D eigenvalue weighted by Crippen LogP contribution is -2.08. The van der Waals surface area contributed by atoms with Gasteiger partial charge in [0.15, 0.2) is 0 Å². The Morgan fingerprint density at radius 2 is 2.12 bits per heavy atom. The van der Waals surface area contributed by atoms with Gasteiger partial charge in [-0.2, -0.15) is 0 Å². The van der Waals surface area contributed by atoms with Crippen molar-refractivity contribution in [1.82, 2.24) is 24.7 Å². The van der Waals surface area contributed by atoms with E-state index in [-0.39, 0.29) is 5.92 Å². The topological polar surface area (TPSA) is 56.5 Å². The predicted molar refractivity (Wildman–Crippen MR) is 65.0 cm³/mol. The van der Waals surface area contributed by atoms with Crippen LogP contribution in [0.5, 0.6) is 0 Å². The number of hydrogen-bond acceptors (Lipinski definition) is 4. The average Bonchev–Trinajstić information content (AvgIpc) is 2.61. The second-order valence-electron chi connectivity index (χ2n) is 4.16. The summed E-state index contributed by atoms with van der Waals surface area (Å²) in [7, 11) is 0. The first-order chi connectivity index (χ1) is 8.08. The highest BCUT2D eigenvalue weighted by Gasteiger charge is 2.14. The van der Waals surface area contributed by atoms with Gasteiger partial charge in [0.1, 0.15) is 11.6 Å².